The maximum Gasteiger partial charge on any atom is 0.293 e. The van der Waals surface area contributed by atoms with Gasteiger partial charge in [0.25, 0.3) is 5.91 Å². The maximum atomic E-state index is 13.0. The maximum absolute atomic E-state index is 13.0. The Morgan fingerprint density at radius 1 is 1.07 bits per heavy atom. The van der Waals surface area contributed by atoms with Crippen LogP contribution in [-0.2, 0) is 0 Å². The summed E-state index contributed by atoms with van der Waals surface area (Å²) < 4.78 is 23.6. The monoisotopic (exact) mass is 364 g/mol. The van der Waals surface area contributed by atoms with Crippen LogP contribution in [0.15, 0.2) is 68.3 Å². The molecular weight excluding hydrogens is 351 g/mol. The van der Waals surface area contributed by atoms with Crippen molar-refractivity contribution in [2.75, 3.05) is 5.32 Å². The third-order valence-corrected chi connectivity index (χ3v) is 3.99. The van der Waals surface area contributed by atoms with Gasteiger partial charge in [-0.25, -0.2) is 4.39 Å². The summed E-state index contributed by atoms with van der Waals surface area (Å²) in [5.74, 6) is -1.07. The van der Waals surface area contributed by atoms with Crippen molar-refractivity contribution in [3.05, 3.63) is 82.0 Å². The Balaban J connectivity index is 1.59. The molecule has 2 aromatic carbocycles. The number of carbonyl (C=O) groups excluding carboxylic acids is 1. The molecule has 7 heteroatoms. The number of nitrogens with one attached hydrogen (secondary N) is 1. The number of aryl methyl sites for hydroxylation is 1. The molecule has 4 rings (SSSR count). The van der Waals surface area contributed by atoms with Crippen LogP contribution in [0.3, 0.4) is 0 Å². The second-order valence-electron chi connectivity index (χ2n) is 6.01. The number of fused-ring (bicyclic) bond motifs is 1. The van der Waals surface area contributed by atoms with Crippen LogP contribution < -0.4 is 10.7 Å². The van der Waals surface area contributed by atoms with Gasteiger partial charge in [0.15, 0.2) is 11.2 Å². The van der Waals surface area contributed by atoms with Crippen molar-refractivity contribution in [3.63, 3.8) is 0 Å². The third-order valence-electron chi connectivity index (χ3n) is 3.99. The van der Waals surface area contributed by atoms with E-state index in [0.717, 1.165) is 11.6 Å². The lowest BCUT2D eigenvalue weighted by Crippen LogP contribution is -2.14. The van der Waals surface area contributed by atoms with E-state index in [2.05, 4.69) is 10.5 Å². The van der Waals surface area contributed by atoms with E-state index in [4.69, 9.17) is 8.94 Å². The number of benzene rings is 2. The Bertz CT molecular complexity index is 1210. The number of anilines is 1. The fourth-order valence-electron chi connectivity index (χ4n) is 2.65. The van der Waals surface area contributed by atoms with Gasteiger partial charge in [-0.1, -0.05) is 16.8 Å². The number of aromatic nitrogens is 1. The summed E-state index contributed by atoms with van der Waals surface area (Å²) in [5, 5.41) is 6.73. The Labute approximate surface area is 152 Å². The van der Waals surface area contributed by atoms with Crippen LogP contribution in [0.2, 0.25) is 0 Å². The zero-order chi connectivity index (χ0) is 19.0. The van der Waals surface area contributed by atoms with Gasteiger partial charge < -0.3 is 8.94 Å². The van der Waals surface area contributed by atoms with E-state index in [-0.39, 0.29) is 22.9 Å². The number of carbonyl (C=O) groups is 1. The average molecular weight is 364 g/mol. The van der Waals surface area contributed by atoms with Crippen molar-refractivity contribution in [3.8, 4) is 11.3 Å². The fourth-order valence-corrected chi connectivity index (χ4v) is 2.65. The van der Waals surface area contributed by atoms with Crippen LogP contribution in [0.1, 0.15) is 16.1 Å². The zero-order valence-corrected chi connectivity index (χ0v) is 14.2. The van der Waals surface area contributed by atoms with Gasteiger partial charge in [0.05, 0.1) is 5.39 Å². The second-order valence-corrected chi connectivity index (χ2v) is 6.01. The molecule has 6 nitrogen and oxygen atoms in total. The minimum atomic E-state index is -0.642. The summed E-state index contributed by atoms with van der Waals surface area (Å²) in [7, 11) is 0. The molecule has 4 aromatic rings. The molecule has 0 radical (unpaired) electrons. The van der Waals surface area contributed by atoms with E-state index >= 15 is 0 Å². The van der Waals surface area contributed by atoms with Gasteiger partial charge in [0, 0.05) is 17.7 Å². The van der Waals surface area contributed by atoms with Crippen molar-refractivity contribution in [2.45, 2.75) is 6.92 Å². The highest BCUT2D eigenvalue weighted by Crippen LogP contribution is 2.22. The molecule has 0 aliphatic rings. The molecule has 0 saturated heterocycles. The number of hydrogen-bond acceptors (Lipinski definition) is 5. The lowest BCUT2D eigenvalue weighted by molar-refractivity contribution is 0.0994. The molecule has 0 unspecified atom stereocenters. The topological polar surface area (TPSA) is 85.3 Å². The van der Waals surface area contributed by atoms with Gasteiger partial charge >= 0.3 is 0 Å². The summed E-state index contributed by atoms with van der Waals surface area (Å²) in [5.41, 5.74) is 1.99. The molecule has 0 aliphatic carbocycles. The Morgan fingerprint density at radius 2 is 1.85 bits per heavy atom. The first kappa shape index (κ1) is 16.7. The van der Waals surface area contributed by atoms with E-state index in [1.807, 2.05) is 6.92 Å². The first-order chi connectivity index (χ1) is 13.0. The summed E-state index contributed by atoms with van der Waals surface area (Å²) in [6.45, 7) is 1.86. The van der Waals surface area contributed by atoms with Crippen LogP contribution >= 0.6 is 0 Å². The summed E-state index contributed by atoms with van der Waals surface area (Å²) in [4.78, 5) is 24.6. The van der Waals surface area contributed by atoms with Crippen LogP contribution in [0, 0.1) is 12.7 Å². The molecule has 0 saturated carbocycles. The van der Waals surface area contributed by atoms with E-state index in [0.29, 0.717) is 22.2 Å². The molecule has 27 heavy (non-hydrogen) atoms. The highest BCUT2D eigenvalue weighted by molar-refractivity contribution is 6.02. The number of rotatable bonds is 3. The lowest BCUT2D eigenvalue weighted by Gasteiger charge is -2.03. The zero-order valence-electron chi connectivity index (χ0n) is 14.2. The van der Waals surface area contributed by atoms with Gasteiger partial charge in [0.1, 0.15) is 17.1 Å². The van der Waals surface area contributed by atoms with Gasteiger partial charge in [-0.3, -0.25) is 14.9 Å². The Kier molecular flexibility index (Phi) is 4.04. The van der Waals surface area contributed by atoms with Crippen molar-refractivity contribution in [1.29, 1.82) is 0 Å². The highest BCUT2D eigenvalue weighted by Gasteiger charge is 2.15. The standard InChI is InChI=1S/C20H13FN2O4/c1-11-2-7-17-14(8-11)16(24)10-18(26-17)20(25)22-19-9-15(23-27-19)12-3-5-13(21)6-4-12/h2-10H,1H3,(H,22,25). The summed E-state index contributed by atoms with van der Waals surface area (Å²) in [6, 6.07) is 13.5. The molecule has 0 bridgehead atoms. The molecule has 0 fully saturated rings. The largest absolute Gasteiger partial charge is 0.451 e. The third kappa shape index (κ3) is 3.35. The number of nitrogens with zero attached hydrogens (tertiary/aromatic N) is 1. The minimum absolute atomic E-state index is 0.0750. The summed E-state index contributed by atoms with van der Waals surface area (Å²) in [6.07, 6.45) is 0. The van der Waals surface area contributed by atoms with E-state index < -0.39 is 5.91 Å². The van der Waals surface area contributed by atoms with Gasteiger partial charge in [-0.15, -0.1) is 0 Å². The molecular formula is C20H13FN2O4. The smallest absolute Gasteiger partial charge is 0.293 e. The molecule has 1 N–H and O–H groups in total. The normalized spacial score (nSPS) is 10.9. The van der Waals surface area contributed by atoms with Crippen molar-refractivity contribution >= 4 is 22.8 Å². The molecule has 0 aliphatic heterocycles. The molecule has 2 heterocycles. The number of amides is 1. The van der Waals surface area contributed by atoms with Gasteiger partial charge in [-0.05, 0) is 43.3 Å². The first-order valence-corrected chi connectivity index (χ1v) is 8.08. The molecule has 2 aromatic heterocycles. The quantitative estimate of drug-likeness (QED) is 0.590. The molecule has 0 atom stereocenters. The van der Waals surface area contributed by atoms with Crippen molar-refractivity contribution in [2.24, 2.45) is 0 Å². The van der Waals surface area contributed by atoms with Crippen molar-refractivity contribution < 1.29 is 18.1 Å². The van der Waals surface area contributed by atoms with E-state index in [1.165, 1.54) is 18.2 Å². The average Bonchev–Trinajstić information content (AvgIpc) is 3.11. The van der Waals surface area contributed by atoms with Crippen LogP contribution in [-0.4, -0.2) is 11.1 Å². The molecule has 1 amide bonds. The van der Waals surface area contributed by atoms with Gasteiger partial charge in [-0.2, -0.15) is 0 Å². The minimum Gasteiger partial charge on any atom is -0.451 e. The lowest BCUT2D eigenvalue weighted by atomic mass is 10.1. The number of hydrogen-bond donors (Lipinski definition) is 1. The highest BCUT2D eigenvalue weighted by atomic mass is 19.1. The molecule has 0 spiro atoms. The number of halogens is 1. The Hall–Kier alpha value is -3.74. The van der Waals surface area contributed by atoms with Crippen LogP contribution in [0.5, 0.6) is 0 Å². The fraction of sp³-hybridized carbons (Fsp3) is 0.0500. The van der Waals surface area contributed by atoms with Crippen LogP contribution in [0.4, 0.5) is 10.3 Å². The van der Waals surface area contributed by atoms with E-state index in [9.17, 15) is 14.0 Å². The predicted octanol–water partition coefficient (Wildman–Crippen LogP) is 4.15. The van der Waals surface area contributed by atoms with Gasteiger partial charge in [0.2, 0.25) is 5.88 Å². The van der Waals surface area contributed by atoms with E-state index in [1.54, 1.807) is 30.3 Å². The SMILES string of the molecule is Cc1ccc2oc(C(=O)Nc3cc(-c4ccc(F)cc4)no3)cc(=O)c2c1. The Morgan fingerprint density at radius 3 is 2.63 bits per heavy atom. The molecule has 134 valence electrons. The predicted molar refractivity (Wildman–Crippen MR) is 97.1 cm³/mol. The first-order valence-electron chi connectivity index (χ1n) is 8.08. The summed E-state index contributed by atoms with van der Waals surface area (Å²) >= 11 is 0. The second kappa shape index (κ2) is 6.53. The van der Waals surface area contributed by atoms with Crippen LogP contribution in [0.25, 0.3) is 22.2 Å². The van der Waals surface area contributed by atoms with Crippen molar-refractivity contribution in [1.82, 2.24) is 5.16 Å².